The second kappa shape index (κ2) is 7.74. The zero-order valence-corrected chi connectivity index (χ0v) is 16.1. The number of carbonyl (C=O) groups is 1. The third-order valence-corrected chi connectivity index (χ3v) is 6.34. The highest BCUT2D eigenvalue weighted by atomic mass is 32.1. The number of nitrogens with zero attached hydrogens (tertiary/aromatic N) is 1. The molecule has 4 rings (SSSR count). The Hall–Kier alpha value is -2.31. The Labute approximate surface area is 162 Å². The van der Waals surface area contributed by atoms with Crippen molar-refractivity contribution in [3.8, 4) is 0 Å². The summed E-state index contributed by atoms with van der Waals surface area (Å²) in [6.07, 6.45) is 2.20. The number of aromatic nitrogens is 1. The smallest absolute Gasteiger partial charge is 0.279 e. The van der Waals surface area contributed by atoms with E-state index < -0.39 is 0 Å². The number of benzene rings is 2. The largest absolute Gasteiger partial charge is 0.327 e. The fourth-order valence-corrected chi connectivity index (χ4v) is 4.79. The molecule has 6 heteroatoms. The number of carbonyl (C=O) groups excluding carboxylic acids is 1. The van der Waals surface area contributed by atoms with E-state index in [0.29, 0.717) is 23.7 Å². The van der Waals surface area contributed by atoms with Gasteiger partial charge in [-0.05, 0) is 49.6 Å². The van der Waals surface area contributed by atoms with Crippen LogP contribution in [-0.4, -0.2) is 30.5 Å². The maximum atomic E-state index is 13.7. The molecule has 0 aliphatic carbocycles. The molecule has 0 radical (unpaired) electrons. The van der Waals surface area contributed by atoms with Gasteiger partial charge in [-0.1, -0.05) is 18.2 Å². The second-order valence-electron chi connectivity index (χ2n) is 7.25. The van der Waals surface area contributed by atoms with Gasteiger partial charge >= 0.3 is 0 Å². The fourth-order valence-electron chi connectivity index (χ4n) is 3.69. The summed E-state index contributed by atoms with van der Waals surface area (Å²) in [7, 11) is 0. The van der Waals surface area contributed by atoms with E-state index in [0.717, 1.165) is 31.4 Å². The fraction of sp³-hybridized carbons (Fsp3) is 0.333. The Balaban J connectivity index is 1.39. The molecule has 0 spiro atoms. The van der Waals surface area contributed by atoms with E-state index in [9.17, 15) is 9.18 Å². The molecule has 1 aliphatic rings. The number of aryl methyl sites for hydroxylation is 1. The van der Waals surface area contributed by atoms with Gasteiger partial charge in [-0.3, -0.25) is 4.79 Å². The van der Waals surface area contributed by atoms with Crippen LogP contribution in [0.3, 0.4) is 0 Å². The van der Waals surface area contributed by atoms with Crippen LogP contribution in [0, 0.1) is 12.7 Å². The van der Waals surface area contributed by atoms with Gasteiger partial charge in [0.2, 0.25) is 0 Å². The van der Waals surface area contributed by atoms with E-state index in [1.807, 2.05) is 12.1 Å². The standard InChI is InChI=1S/C21H22FN3OS/c1-14-8-9-16(11-17(14)22)23-20(26)13-25-10-4-5-15(12-25)21-24-18-6-2-3-7-19(18)27-21/h2-3,6-9,11,15H,4-5,10,12-13H2,1H3,(H,23,26)/p+1/t15-/m1/s1. The van der Waals surface area contributed by atoms with Crippen LogP contribution in [0.15, 0.2) is 42.5 Å². The van der Waals surface area contributed by atoms with Crippen molar-refractivity contribution >= 4 is 33.1 Å². The molecule has 0 saturated carbocycles. The Morgan fingerprint density at radius 1 is 1.33 bits per heavy atom. The first-order chi connectivity index (χ1) is 13.1. The first-order valence-corrected chi connectivity index (χ1v) is 10.1. The van der Waals surface area contributed by atoms with E-state index in [-0.39, 0.29) is 11.7 Å². The highest BCUT2D eigenvalue weighted by Gasteiger charge is 2.28. The van der Waals surface area contributed by atoms with Crippen molar-refractivity contribution in [2.24, 2.45) is 0 Å². The van der Waals surface area contributed by atoms with Crippen molar-refractivity contribution in [2.45, 2.75) is 25.7 Å². The molecule has 1 amide bonds. The summed E-state index contributed by atoms with van der Waals surface area (Å²) < 4.78 is 14.9. The number of hydrogen-bond donors (Lipinski definition) is 2. The minimum atomic E-state index is -0.297. The van der Waals surface area contributed by atoms with Crippen molar-refractivity contribution in [1.29, 1.82) is 0 Å². The van der Waals surface area contributed by atoms with Crippen LogP contribution in [0.5, 0.6) is 0 Å². The average Bonchev–Trinajstić information content (AvgIpc) is 3.09. The van der Waals surface area contributed by atoms with E-state index in [4.69, 9.17) is 4.98 Å². The van der Waals surface area contributed by atoms with Gasteiger partial charge in [0.25, 0.3) is 5.91 Å². The average molecular weight is 385 g/mol. The van der Waals surface area contributed by atoms with Crippen molar-refractivity contribution in [3.05, 3.63) is 58.9 Å². The van der Waals surface area contributed by atoms with Crippen LogP contribution in [-0.2, 0) is 4.79 Å². The van der Waals surface area contributed by atoms with Crippen molar-refractivity contribution < 1.29 is 14.1 Å². The SMILES string of the molecule is Cc1ccc(NC(=O)C[NH+]2CCC[C@@H](c3nc4ccccc4s3)C2)cc1F. The van der Waals surface area contributed by atoms with Gasteiger partial charge < -0.3 is 10.2 Å². The van der Waals surface area contributed by atoms with Crippen LogP contribution in [0.2, 0.25) is 0 Å². The molecule has 2 aromatic carbocycles. The number of fused-ring (bicyclic) bond motifs is 1. The van der Waals surface area contributed by atoms with Gasteiger partial charge in [0.1, 0.15) is 10.8 Å². The Kier molecular flexibility index (Phi) is 5.18. The lowest BCUT2D eigenvalue weighted by atomic mass is 9.99. The number of rotatable bonds is 4. The number of anilines is 1. The molecule has 4 nitrogen and oxygen atoms in total. The number of halogens is 1. The van der Waals surface area contributed by atoms with Crippen LogP contribution in [0.4, 0.5) is 10.1 Å². The quantitative estimate of drug-likeness (QED) is 0.726. The summed E-state index contributed by atoms with van der Waals surface area (Å²) in [6.45, 7) is 4.00. The number of quaternary nitrogens is 1. The summed E-state index contributed by atoms with van der Waals surface area (Å²) in [5.41, 5.74) is 2.15. The summed E-state index contributed by atoms with van der Waals surface area (Å²) >= 11 is 1.76. The van der Waals surface area contributed by atoms with E-state index >= 15 is 0 Å². The van der Waals surface area contributed by atoms with Gasteiger partial charge in [0.15, 0.2) is 6.54 Å². The number of amides is 1. The molecule has 0 bridgehead atoms. The highest BCUT2D eigenvalue weighted by molar-refractivity contribution is 7.18. The van der Waals surface area contributed by atoms with E-state index in [1.54, 1.807) is 30.4 Å². The number of likely N-dealkylation sites (tertiary alicyclic amines) is 1. The number of hydrogen-bond acceptors (Lipinski definition) is 3. The highest BCUT2D eigenvalue weighted by Crippen LogP contribution is 2.30. The monoisotopic (exact) mass is 384 g/mol. The molecule has 140 valence electrons. The predicted octanol–water partition coefficient (Wildman–Crippen LogP) is 3.14. The molecule has 2 N–H and O–H groups in total. The van der Waals surface area contributed by atoms with Crippen LogP contribution in [0.1, 0.15) is 29.3 Å². The molecule has 1 aliphatic heterocycles. The van der Waals surface area contributed by atoms with Crippen LogP contribution >= 0.6 is 11.3 Å². The summed E-state index contributed by atoms with van der Waals surface area (Å²) in [4.78, 5) is 18.5. The normalized spacial score (nSPS) is 19.9. The minimum absolute atomic E-state index is 0.0711. The second-order valence-corrected chi connectivity index (χ2v) is 8.31. The van der Waals surface area contributed by atoms with Gasteiger partial charge in [-0.15, -0.1) is 11.3 Å². The number of piperidine rings is 1. The molecule has 1 unspecified atom stereocenters. The molecule has 27 heavy (non-hydrogen) atoms. The first-order valence-electron chi connectivity index (χ1n) is 9.33. The molecule has 2 heterocycles. The zero-order valence-electron chi connectivity index (χ0n) is 15.3. The lowest BCUT2D eigenvalue weighted by Gasteiger charge is -2.28. The van der Waals surface area contributed by atoms with Crippen molar-refractivity contribution in [3.63, 3.8) is 0 Å². The first kappa shape index (κ1) is 18.1. The summed E-state index contributed by atoms with van der Waals surface area (Å²) in [5.74, 6) is 0.0305. The Morgan fingerprint density at radius 2 is 2.19 bits per heavy atom. The van der Waals surface area contributed by atoms with Crippen molar-refractivity contribution in [2.75, 3.05) is 25.0 Å². The number of para-hydroxylation sites is 1. The van der Waals surface area contributed by atoms with E-state index in [1.165, 1.54) is 20.7 Å². The third kappa shape index (κ3) is 4.17. The van der Waals surface area contributed by atoms with Crippen molar-refractivity contribution in [1.82, 2.24) is 4.98 Å². The molecule has 1 aromatic heterocycles. The van der Waals surface area contributed by atoms with Gasteiger partial charge in [-0.2, -0.15) is 0 Å². The Morgan fingerprint density at radius 3 is 3.00 bits per heavy atom. The topological polar surface area (TPSA) is 46.4 Å². The van der Waals surface area contributed by atoms with Gasteiger partial charge in [-0.25, -0.2) is 9.37 Å². The van der Waals surface area contributed by atoms with Crippen LogP contribution in [0.25, 0.3) is 10.2 Å². The third-order valence-electron chi connectivity index (χ3n) is 5.14. The number of thiazole rings is 1. The zero-order chi connectivity index (χ0) is 18.8. The van der Waals surface area contributed by atoms with E-state index in [2.05, 4.69) is 17.4 Å². The molecule has 3 aromatic rings. The summed E-state index contributed by atoms with van der Waals surface area (Å²) in [6, 6.07) is 13.0. The molecule has 1 saturated heterocycles. The maximum absolute atomic E-state index is 13.7. The molecule has 2 atom stereocenters. The van der Waals surface area contributed by atoms with Crippen LogP contribution < -0.4 is 10.2 Å². The molecule has 1 fully saturated rings. The minimum Gasteiger partial charge on any atom is -0.327 e. The van der Waals surface area contributed by atoms with Gasteiger partial charge in [0, 0.05) is 5.69 Å². The predicted molar refractivity (Wildman–Crippen MR) is 107 cm³/mol. The maximum Gasteiger partial charge on any atom is 0.279 e. The Bertz CT molecular complexity index is 938. The number of nitrogens with one attached hydrogen (secondary N) is 2. The molecular formula is C21H23FN3OS+. The molecular weight excluding hydrogens is 361 g/mol. The summed E-state index contributed by atoms with van der Waals surface area (Å²) in [5, 5.41) is 4.00. The lowest BCUT2D eigenvalue weighted by molar-refractivity contribution is -0.898. The van der Waals surface area contributed by atoms with Gasteiger partial charge in [0.05, 0.1) is 29.2 Å². The lowest BCUT2D eigenvalue weighted by Crippen LogP contribution is -3.14.